The van der Waals surface area contributed by atoms with E-state index in [1.165, 1.54) is 12.3 Å². The van der Waals surface area contributed by atoms with Crippen molar-refractivity contribution in [2.75, 3.05) is 13.1 Å². The number of fused-ring (bicyclic) bond motifs is 1. The van der Waals surface area contributed by atoms with Crippen molar-refractivity contribution in [2.24, 2.45) is 0 Å². The lowest BCUT2D eigenvalue weighted by molar-refractivity contribution is 0.624. The predicted octanol–water partition coefficient (Wildman–Crippen LogP) is 1.78. The lowest BCUT2D eigenvalue weighted by Crippen LogP contribution is -2.07. The number of halogens is 1. The summed E-state index contributed by atoms with van der Waals surface area (Å²) >= 11 is 0. The van der Waals surface area contributed by atoms with E-state index < -0.39 is 0 Å². The van der Waals surface area contributed by atoms with Crippen molar-refractivity contribution in [3.63, 3.8) is 0 Å². The molecular formula is C11H12FN3. The van der Waals surface area contributed by atoms with Gasteiger partial charge in [-0.25, -0.2) is 4.39 Å². The summed E-state index contributed by atoms with van der Waals surface area (Å²) in [5.41, 5.74) is 2.79. The molecule has 0 spiro atoms. The van der Waals surface area contributed by atoms with Crippen LogP contribution in [0.5, 0.6) is 0 Å². The van der Waals surface area contributed by atoms with E-state index in [1.54, 1.807) is 0 Å². The highest BCUT2D eigenvalue weighted by Gasteiger charge is 2.18. The summed E-state index contributed by atoms with van der Waals surface area (Å²) in [6.07, 6.45) is 2.39. The molecule has 0 aromatic carbocycles. The molecule has 1 aliphatic rings. The summed E-state index contributed by atoms with van der Waals surface area (Å²) in [7, 11) is 0. The maximum Gasteiger partial charge on any atom is 0.143 e. The number of hydrogen-bond acceptors (Lipinski definition) is 2. The van der Waals surface area contributed by atoms with Crippen LogP contribution in [0.3, 0.4) is 0 Å². The van der Waals surface area contributed by atoms with Crippen LogP contribution in [0.2, 0.25) is 0 Å². The second kappa shape index (κ2) is 3.31. The summed E-state index contributed by atoms with van der Waals surface area (Å²) < 4.78 is 12.9. The van der Waals surface area contributed by atoms with Crippen molar-refractivity contribution in [3.8, 4) is 0 Å². The number of pyridine rings is 1. The van der Waals surface area contributed by atoms with Crippen LogP contribution in [0.15, 0.2) is 18.3 Å². The number of rotatable bonds is 1. The van der Waals surface area contributed by atoms with E-state index in [0.29, 0.717) is 5.92 Å². The Labute approximate surface area is 86.7 Å². The Morgan fingerprint density at radius 2 is 2.33 bits per heavy atom. The molecule has 1 aliphatic heterocycles. The molecular weight excluding hydrogens is 193 g/mol. The minimum Gasteiger partial charge on any atom is -0.357 e. The molecule has 3 rings (SSSR count). The fourth-order valence-electron chi connectivity index (χ4n) is 2.14. The molecule has 0 saturated carbocycles. The third-order valence-corrected chi connectivity index (χ3v) is 2.96. The van der Waals surface area contributed by atoms with Gasteiger partial charge in [0.05, 0.1) is 17.2 Å². The van der Waals surface area contributed by atoms with Crippen molar-refractivity contribution < 1.29 is 4.39 Å². The van der Waals surface area contributed by atoms with E-state index in [-0.39, 0.29) is 5.82 Å². The maximum absolute atomic E-state index is 12.9. The first kappa shape index (κ1) is 8.85. The van der Waals surface area contributed by atoms with E-state index in [9.17, 15) is 4.39 Å². The van der Waals surface area contributed by atoms with Gasteiger partial charge in [-0.05, 0) is 19.0 Å². The quantitative estimate of drug-likeness (QED) is 0.745. The largest absolute Gasteiger partial charge is 0.357 e. The van der Waals surface area contributed by atoms with Gasteiger partial charge in [-0.3, -0.25) is 4.98 Å². The Bertz CT molecular complexity index is 486. The second-order valence-electron chi connectivity index (χ2n) is 4.00. The fraction of sp³-hybridized carbons (Fsp3) is 0.364. The summed E-state index contributed by atoms with van der Waals surface area (Å²) in [6.45, 7) is 2.05. The SMILES string of the molecule is Fc1cnc2cc(C3CCNC3)[nH]c2c1. The third kappa shape index (κ3) is 1.51. The number of hydrogen-bond donors (Lipinski definition) is 2. The Hall–Kier alpha value is -1.42. The predicted molar refractivity (Wildman–Crippen MR) is 56.3 cm³/mol. The number of nitrogens with one attached hydrogen (secondary N) is 2. The van der Waals surface area contributed by atoms with Crippen LogP contribution in [0, 0.1) is 5.82 Å². The Morgan fingerprint density at radius 3 is 3.13 bits per heavy atom. The average molecular weight is 205 g/mol. The number of aromatic amines is 1. The summed E-state index contributed by atoms with van der Waals surface area (Å²) in [6, 6.07) is 3.51. The van der Waals surface area contributed by atoms with Crippen LogP contribution in [0.25, 0.3) is 11.0 Å². The number of aromatic nitrogens is 2. The highest BCUT2D eigenvalue weighted by Crippen LogP contribution is 2.24. The summed E-state index contributed by atoms with van der Waals surface area (Å²) in [4.78, 5) is 7.28. The monoisotopic (exact) mass is 205 g/mol. The summed E-state index contributed by atoms with van der Waals surface area (Å²) in [5.74, 6) is 0.225. The van der Waals surface area contributed by atoms with Gasteiger partial charge in [0.1, 0.15) is 5.82 Å². The van der Waals surface area contributed by atoms with Crippen molar-refractivity contribution in [1.29, 1.82) is 0 Å². The molecule has 15 heavy (non-hydrogen) atoms. The van der Waals surface area contributed by atoms with E-state index in [0.717, 1.165) is 36.2 Å². The normalized spacial score (nSPS) is 21.3. The van der Waals surface area contributed by atoms with Gasteiger partial charge in [0.2, 0.25) is 0 Å². The van der Waals surface area contributed by atoms with E-state index in [2.05, 4.69) is 15.3 Å². The van der Waals surface area contributed by atoms with Gasteiger partial charge in [-0.2, -0.15) is 0 Å². The van der Waals surface area contributed by atoms with Gasteiger partial charge >= 0.3 is 0 Å². The van der Waals surface area contributed by atoms with Gasteiger partial charge in [0.25, 0.3) is 0 Å². The van der Waals surface area contributed by atoms with Gasteiger partial charge in [-0.15, -0.1) is 0 Å². The molecule has 0 bridgehead atoms. The molecule has 3 nitrogen and oxygen atoms in total. The molecule has 1 unspecified atom stereocenters. The molecule has 2 aromatic heterocycles. The zero-order valence-electron chi connectivity index (χ0n) is 8.26. The Balaban J connectivity index is 2.05. The van der Waals surface area contributed by atoms with Crippen LogP contribution in [0.1, 0.15) is 18.0 Å². The lowest BCUT2D eigenvalue weighted by atomic mass is 10.1. The van der Waals surface area contributed by atoms with Crippen LogP contribution in [-0.2, 0) is 0 Å². The second-order valence-corrected chi connectivity index (χ2v) is 4.00. The van der Waals surface area contributed by atoms with Crippen LogP contribution in [0.4, 0.5) is 4.39 Å². The van der Waals surface area contributed by atoms with Crippen molar-refractivity contribution in [1.82, 2.24) is 15.3 Å². The molecule has 1 atom stereocenters. The molecule has 0 radical (unpaired) electrons. The van der Waals surface area contributed by atoms with Gasteiger partial charge in [0.15, 0.2) is 0 Å². The number of H-pyrrole nitrogens is 1. The van der Waals surface area contributed by atoms with E-state index in [4.69, 9.17) is 0 Å². The average Bonchev–Trinajstić information content (AvgIpc) is 2.84. The first-order valence-corrected chi connectivity index (χ1v) is 5.18. The summed E-state index contributed by atoms with van der Waals surface area (Å²) in [5, 5.41) is 3.31. The molecule has 3 heterocycles. The third-order valence-electron chi connectivity index (χ3n) is 2.96. The minimum absolute atomic E-state index is 0.291. The molecule has 78 valence electrons. The minimum atomic E-state index is -0.291. The molecule has 2 aromatic rings. The molecule has 0 aliphatic carbocycles. The fourth-order valence-corrected chi connectivity index (χ4v) is 2.14. The van der Waals surface area contributed by atoms with Crippen LogP contribution < -0.4 is 5.32 Å². The molecule has 1 fully saturated rings. The first-order chi connectivity index (χ1) is 7.33. The van der Waals surface area contributed by atoms with Crippen LogP contribution >= 0.6 is 0 Å². The first-order valence-electron chi connectivity index (χ1n) is 5.18. The van der Waals surface area contributed by atoms with Crippen molar-refractivity contribution in [3.05, 3.63) is 29.8 Å². The standard InChI is InChI=1S/C11H12FN3/c12-8-3-11-10(14-6-8)4-9(15-11)7-1-2-13-5-7/h3-4,6-7,13,15H,1-2,5H2. The van der Waals surface area contributed by atoms with Crippen molar-refractivity contribution in [2.45, 2.75) is 12.3 Å². The molecule has 4 heteroatoms. The lowest BCUT2D eigenvalue weighted by Gasteiger charge is -2.03. The smallest absolute Gasteiger partial charge is 0.143 e. The van der Waals surface area contributed by atoms with E-state index in [1.807, 2.05) is 6.07 Å². The zero-order chi connectivity index (χ0) is 10.3. The zero-order valence-corrected chi connectivity index (χ0v) is 8.26. The maximum atomic E-state index is 12.9. The topological polar surface area (TPSA) is 40.7 Å². The van der Waals surface area contributed by atoms with Gasteiger partial charge < -0.3 is 10.3 Å². The molecule has 0 amide bonds. The Kier molecular flexibility index (Phi) is 1.95. The Morgan fingerprint density at radius 1 is 1.40 bits per heavy atom. The highest BCUT2D eigenvalue weighted by atomic mass is 19.1. The highest BCUT2D eigenvalue weighted by molar-refractivity contribution is 5.76. The van der Waals surface area contributed by atoms with E-state index >= 15 is 0 Å². The molecule has 1 saturated heterocycles. The van der Waals surface area contributed by atoms with Crippen molar-refractivity contribution >= 4 is 11.0 Å². The molecule has 2 N–H and O–H groups in total. The number of nitrogens with zero attached hydrogens (tertiary/aromatic N) is 1. The van der Waals surface area contributed by atoms with Crippen LogP contribution in [-0.4, -0.2) is 23.1 Å². The van der Waals surface area contributed by atoms with Gasteiger partial charge in [-0.1, -0.05) is 0 Å². The van der Waals surface area contributed by atoms with Gasteiger partial charge in [0, 0.05) is 24.2 Å².